The van der Waals surface area contributed by atoms with Crippen LogP contribution < -0.4 is 9.80 Å². The number of fused-ring (bicyclic) bond motifs is 3. The monoisotopic (exact) mass is 412 g/mol. The minimum absolute atomic E-state index is 0.317. The average molecular weight is 412 g/mol. The molecule has 0 N–H and O–H groups in total. The molecule has 4 aromatic rings. The number of hydrogen-bond acceptors (Lipinski definition) is 6. The molecule has 0 amide bonds. The topological polar surface area (TPSA) is 58.6 Å². The number of aromatic nitrogens is 2. The fourth-order valence-electron chi connectivity index (χ4n) is 4.27. The van der Waals surface area contributed by atoms with E-state index in [1.165, 1.54) is 5.69 Å². The Morgan fingerprint density at radius 1 is 0.839 bits per heavy atom. The molecule has 0 radical (unpaired) electrons. The predicted octanol–water partition coefficient (Wildman–Crippen LogP) is 4.29. The first kappa shape index (κ1) is 19.3. The number of hydrogen-bond donors (Lipinski definition) is 0. The van der Waals surface area contributed by atoms with E-state index >= 15 is 0 Å². The molecule has 5 rings (SSSR count). The lowest BCUT2D eigenvalue weighted by Crippen LogP contribution is -2.47. The van der Waals surface area contributed by atoms with Crippen molar-refractivity contribution < 1.29 is 9.53 Å². The van der Waals surface area contributed by atoms with Crippen LogP contribution in [0.1, 0.15) is 17.3 Å². The Labute approximate surface area is 181 Å². The molecule has 0 spiro atoms. The van der Waals surface area contributed by atoms with Gasteiger partial charge < -0.3 is 14.5 Å². The zero-order valence-corrected chi connectivity index (χ0v) is 17.5. The van der Waals surface area contributed by atoms with Crippen LogP contribution >= 0.6 is 0 Å². The molecule has 2 heterocycles. The molecule has 6 heteroatoms. The highest BCUT2D eigenvalue weighted by Gasteiger charge is 2.27. The first-order valence-corrected chi connectivity index (χ1v) is 10.7. The summed E-state index contributed by atoms with van der Waals surface area (Å²) in [6.07, 6.45) is 0. The lowest BCUT2D eigenvalue weighted by molar-refractivity contribution is 0.0529. The van der Waals surface area contributed by atoms with E-state index in [9.17, 15) is 4.79 Å². The van der Waals surface area contributed by atoms with Gasteiger partial charge in [0.05, 0.1) is 6.61 Å². The second-order valence-corrected chi connectivity index (χ2v) is 7.61. The van der Waals surface area contributed by atoms with Crippen LogP contribution in [0.2, 0.25) is 0 Å². The van der Waals surface area contributed by atoms with Crippen molar-refractivity contribution in [2.75, 3.05) is 42.6 Å². The average Bonchev–Trinajstić information content (AvgIpc) is 2.84. The maximum Gasteiger partial charge on any atom is 0.342 e. The van der Waals surface area contributed by atoms with Gasteiger partial charge in [-0.25, -0.2) is 4.79 Å². The molecular formula is C25H24N4O2. The normalized spacial score (nSPS) is 14.2. The molecule has 0 saturated carbocycles. The number of benzene rings is 3. The SMILES string of the molecule is CCOC(=O)c1c(N2CCN(c3ccccc3)CC2)nnc2c1ccc1ccccc12. The molecule has 31 heavy (non-hydrogen) atoms. The molecule has 1 aliphatic rings. The molecule has 6 nitrogen and oxygen atoms in total. The van der Waals surface area contributed by atoms with Crippen molar-refractivity contribution >= 4 is 39.1 Å². The highest BCUT2D eigenvalue weighted by atomic mass is 16.5. The predicted molar refractivity (Wildman–Crippen MR) is 124 cm³/mol. The smallest absolute Gasteiger partial charge is 0.342 e. The van der Waals surface area contributed by atoms with Gasteiger partial charge in [-0.05, 0) is 24.4 Å². The number of anilines is 2. The van der Waals surface area contributed by atoms with E-state index in [4.69, 9.17) is 4.74 Å². The summed E-state index contributed by atoms with van der Waals surface area (Å²) in [5, 5.41) is 11.9. The number of nitrogens with zero attached hydrogens (tertiary/aromatic N) is 4. The van der Waals surface area contributed by atoms with E-state index in [2.05, 4.69) is 44.3 Å². The lowest BCUT2D eigenvalue weighted by Gasteiger charge is -2.37. The summed E-state index contributed by atoms with van der Waals surface area (Å²) in [5.41, 5.74) is 2.45. The number of piperazine rings is 1. The van der Waals surface area contributed by atoms with Gasteiger partial charge in [0, 0.05) is 42.6 Å². The van der Waals surface area contributed by atoms with E-state index in [-0.39, 0.29) is 5.97 Å². The van der Waals surface area contributed by atoms with Gasteiger partial charge in [-0.1, -0.05) is 54.6 Å². The Hall–Kier alpha value is -3.67. The van der Waals surface area contributed by atoms with Gasteiger partial charge >= 0.3 is 5.97 Å². The molecule has 0 unspecified atom stereocenters. The van der Waals surface area contributed by atoms with Gasteiger partial charge in [0.2, 0.25) is 0 Å². The van der Waals surface area contributed by atoms with Crippen LogP contribution in [0.5, 0.6) is 0 Å². The minimum atomic E-state index is -0.349. The summed E-state index contributed by atoms with van der Waals surface area (Å²) < 4.78 is 5.43. The van der Waals surface area contributed by atoms with Crippen molar-refractivity contribution in [1.29, 1.82) is 0 Å². The largest absolute Gasteiger partial charge is 0.462 e. The molecule has 0 aliphatic carbocycles. The Balaban J connectivity index is 1.54. The number of para-hydroxylation sites is 1. The number of rotatable bonds is 4. The number of carbonyl (C=O) groups is 1. The van der Waals surface area contributed by atoms with Crippen molar-refractivity contribution in [2.24, 2.45) is 0 Å². The number of carbonyl (C=O) groups excluding carboxylic acids is 1. The highest BCUT2D eigenvalue weighted by Crippen LogP contribution is 2.31. The van der Waals surface area contributed by atoms with E-state index in [0.29, 0.717) is 18.0 Å². The van der Waals surface area contributed by atoms with E-state index < -0.39 is 0 Å². The maximum absolute atomic E-state index is 13.0. The van der Waals surface area contributed by atoms with Gasteiger partial charge in [0.25, 0.3) is 0 Å². The van der Waals surface area contributed by atoms with Gasteiger partial charge in [-0.2, -0.15) is 0 Å². The first-order valence-electron chi connectivity index (χ1n) is 10.7. The molecule has 0 atom stereocenters. The Morgan fingerprint density at radius 3 is 2.32 bits per heavy atom. The maximum atomic E-state index is 13.0. The zero-order chi connectivity index (χ0) is 21.2. The molecule has 1 aliphatic heterocycles. The Kier molecular flexibility index (Phi) is 5.12. The summed E-state index contributed by atoms with van der Waals surface area (Å²) in [7, 11) is 0. The number of esters is 1. The van der Waals surface area contributed by atoms with Crippen molar-refractivity contribution in [2.45, 2.75) is 6.92 Å². The van der Waals surface area contributed by atoms with Crippen molar-refractivity contribution in [3.8, 4) is 0 Å². The molecule has 156 valence electrons. The van der Waals surface area contributed by atoms with Gasteiger partial charge in [-0.3, -0.25) is 0 Å². The second-order valence-electron chi connectivity index (χ2n) is 7.61. The van der Waals surface area contributed by atoms with Gasteiger partial charge in [-0.15, -0.1) is 10.2 Å². The van der Waals surface area contributed by atoms with Crippen molar-refractivity contribution in [1.82, 2.24) is 10.2 Å². The quantitative estimate of drug-likeness (QED) is 0.368. The van der Waals surface area contributed by atoms with Crippen LogP contribution in [0, 0.1) is 0 Å². The third-order valence-corrected chi connectivity index (χ3v) is 5.82. The van der Waals surface area contributed by atoms with Crippen LogP contribution in [0.4, 0.5) is 11.5 Å². The molecule has 1 fully saturated rings. The lowest BCUT2D eigenvalue weighted by atomic mass is 10.0. The van der Waals surface area contributed by atoms with Gasteiger partial charge in [0.1, 0.15) is 11.1 Å². The number of ether oxygens (including phenoxy) is 1. The summed E-state index contributed by atoms with van der Waals surface area (Å²) in [6.45, 7) is 5.36. The van der Waals surface area contributed by atoms with Crippen LogP contribution in [0.3, 0.4) is 0 Å². The Morgan fingerprint density at radius 2 is 1.55 bits per heavy atom. The van der Waals surface area contributed by atoms with Crippen LogP contribution in [-0.2, 0) is 4.74 Å². The summed E-state index contributed by atoms with van der Waals surface area (Å²) >= 11 is 0. The van der Waals surface area contributed by atoms with Gasteiger partial charge in [0.15, 0.2) is 5.82 Å². The molecule has 1 aromatic heterocycles. The molecule has 3 aromatic carbocycles. The molecule has 0 bridgehead atoms. The second kappa shape index (κ2) is 8.22. The van der Waals surface area contributed by atoms with E-state index in [1.54, 1.807) is 0 Å². The van der Waals surface area contributed by atoms with Crippen LogP contribution in [0.15, 0.2) is 66.7 Å². The van der Waals surface area contributed by atoms with Crippen LogP contribution in [0.25, 0.3) is 21.7 Å². The summed E-state index contributed by atoms with van der Waals surface area (Å²) in [5.74, 6) is 0.257. The third kappa shape index (κ3) is 3.54. The summed E-state index contributed by atoms with van der Waals surface area (Å²) in [4.78, 5) is 17.5. The Bertz CT molecular complexity index is 1230. The first-order chi connectivity index (χ1) is 15.3. The van der Waals surface area contributed by atoms with E-state index in [0.717, 1.165) is 47.9 Å². The fraction of sp³-hybridized carbons (Fsp3) is 0.240. The van der Waals surface area contributed by atoms with Crippen molar-refractivity contribution in [3.63, 3.8) is 0 Å². The fourth-order valence-corrected chi connectivity index (χ4v) is 4.27. The van der Waals surface area contributed by atoms with E-state index in [1.807, 2.05) is 49.4 Å². The minimum Gasteiger partial charge on any atom is -0.462 e. The molecular weight excluding hydrogens is 388 g/mol. The third-order valence-electron chi connectivity index (χ3n) is 5.82. The highest BCUT2D eigenvalue weighted by molar-refractivity contribution is 6.14. The molecule has 1 saturated heterocycles. The standard InChI is InChI=1S/C25H24N4O2/c1-2-31-25(30)22-21-13-12-18-8-6-7-11-20(18)23(21)26-27-24(22)29-16-14-28(15-17-29)19-9-4-3-5-10-19/h3-13H,2,14-17H2,1H3. The van der Waals surface area contributed by atoms with Crippen LogP contribution in [-0.4, -0.2) is 49.0 Å². The summed E-state index contributed by atoms with van der Waals surface area (Å²) in [6, 6.07) is 22.4. The zero-order valence-electron chi connectivity index (χ0n) is 17.5. The van der Waals surface area contributed by atoms with Crippen molar-refractivity contribution in [3.05, 3.63) is 72.3 Å².